The molecule has 1 N–H and O–H groups in total. The molecule has 5 rings (SSSR count). The number of rotatable bonds is 6. The fraction of sp³-hybridized carbons (Fsp3) is 0.276. The maximum absolute atomic E-state index is 14.0. The number of pyridine rings is 1. The van der Waals surface area contributed by atoms with Crippen LogP contribution in [-0.2, 0) is 4.79 Å². The van der Waals surface area contributed by atoms with E-state index in [0.717, 1.165) is 47.7 Å². The Morgan fingerprint density at radius 3 is 2.63 bits per heavy atom. The quantitative estimate of drug-likeness (QED) is 0.343. The standard InChI is InChI=1S/C29H29N3O2S/c1-20-8-5-12-24(18-20)32(29(34)26-13-7-17-35-26)27(28(33)31-23-10-3-2-4-11-23)22-14-15-25-21(19-22)9-6-16-30-25/h5-9,12-19,23,27H,2-4,10-11H2,1H3,(H,31,33). The van der Waals surface area contributed by atoms with Gasteiger partial charge in [-0.2, -0.15) is 0 Å². The first-order valence-corrected chi connectivity index (χ1v) is 13.1. The Bertz CT molecular complexity index is 1330. The monoisotopic (exact) mass is 483 g/mol. The molecule has 0 aliphatic heterocycles. The molecule has 0 radical (unpaired) electrons. The second-order valence-corrected chi connectivity index (χ2v) is 10.1. The van der Waals surface area contributed by atoms with Gasteiger partial charge in [0.1, 0.15) is 6.04 Å². The van der Waals surface area contributed by atoms with E-state index in [9.17, 15) is 9.59 Å². The van der Waals surface area contributed by atoms with E-state index in [1.807, 2.05) is 79.0 Å². The third-order valence-corrected chi connectivity index (χ3v) is 7.49. The highest BCUT2D eigenvalue weighted by Gasteiger charge is 2.35. The molecular formula is C29H29N3O2S. The van der Waals surface area contributed by atoms with Gasteiger partial charge >= 0.3 is 0 Å². The molecule has 35 heavy (non-hydrogen) atoms. The van der Waals surface area contributed by atoms with Crippen LogP contribution in [0.1, 0.15) is 58.9 Å². The van der Waals surface area contributed by atoms with E-state index in [2.05, 4.69) is 10.3 Å². The minimum absolute atomic E-state index is 0.136. The number of aromatic nitrogens is 1. The fourth-order valence-electron chi connectivity index (χ4n) is 4.89. The topological polar surface area (TPSA) is 62.3 Å². The van der Waals surface area contributed by atoms with Gasteiger partial charge < -0.3 is 5.32 Å². The maximum atomic E-state index is 14.0. The minimum Gasteiger partial charge on any atom is -0.351 e. The van der Waals surface area contributed by atoms with E-state index in [1.54, 1.807) is 11.1 Å². The highest BCUT2D eigenvalue weighted by Crippen LogP contribution is 2.33. The first-order valence-electron chi connectivity index (χ1n) is 12.2. The van der Waals surface area contributed by atoms with E-state index < -0.39 is 6.04 Å². The summed E-state index contributed by atoms with van der Waals surface area (Å²) in [5.74, 6) is -0.327. The number of hydrogen-bond acceptors (Lipinski definition) is 4. The number of benzene rings is 2. The predicted molar refractivity (Wildman–Crippen MR) is 142 cm³/mol. The molecular weight excluding hydrogens is 454 g/mol. The van der Waals surface area contributed by atoms with Crippen molar-refractivity contribution in [3.05, 3.63) is 94.3 Å². The van der Waals surface area contributed by atoms with E-state index in [1.165, 1.54) is 17.8 Å². The van der Waals surface area contributed by atoms with Crippen LogP contribution in [-0.4, -0.2) is 22.8 Å². The molecule has 2 aromatic carbocycles. The number of nitrogens with zero attached hydrogens (tertiary/aromatic N) is 2. The average Bonchev–Trinajstić information content (AvgIpc) is 3.42. The molecule has 178 valence electrons. The average molecular weight is 484 g/mol. The summed E-state index contributed by atoms with van der Waals surface area (Å²) < 4.78 is 0. The maximum Gasteiger partial charge on any atom is 0.269 e. The Morgan fingerprint density at radius 1 is 1.00 bits per heavy atom. The largest absolute Gasteiger partial charge is 0.351 e. The number of thiophene rings is 1. The van der Waals surface area contributed by atoms with Gasteiger partial charge in [-0.25, -0.2) is 0 Å². The summed E-state index contributed by atoms with van der Waals surface area (Å²) in [6.45, 7) is 2.00. The number of carbonyl (C=O) groups is 2. The van der Waals surface area contributed by atoms with Crippen LogP contribution in [0.15, 0.2) is 78.3 Å². The van der Waals surface area contributed by atoms with Gasteiger partial charge in [0.05, 0.1) is 10.4 Å². The lowest BCUT2D eigenvalue weighted by Crippen LogP contribution is -2.47. The molecule has 6 heteroatoms. The van der Waals surface area contributed by atoms with Crippen LogP contribution >= 0.6 is 11.3 Å². The van der Waals surface area contributed by atoms with Crippen molar-refractivity contribution >= 4 is 39.7 Å². The molecule has 1 unspecified atom stereocenters. The van der Waals surface area contributed by atoms with Crippen molar-refractivity contribution in [2.24, 2.45) is 0 Å². The van der Waals surface area contributed by atoms with Crippen molar-refractivity contribution in [1.82, 2.24) is 10.3 Å². The summed E-state index contributed by atoms with van der Waals surface area (Å²) in [4.78, 5) is 34.6. The Kier molecular flexibility index (Phi) is 6.91. The second kappa shape index (κ2) is 10.4. The zero-order valence-electron chi connectivity index (χ0n) is 19.8. The molecule has 0 spiro atoms. The van der Waals surface area contributed by atoms with E-state index in [0.29, 0.717) is 10.6 Å². The smallest absolute Gasteiger partial charge is 0.269 e. The lowest BCUT2D eigenvalue weighted by molar-refractivity contribution is -0.123. The highest BCUT2D eigenvalue weighted by atomic mass is 32.1. The third kappa shape index (κ3) is 5.13. The molecule has 0 bridgehead atoms. The Balaban J connectivity index is 1.63. The van der Waals surface area contributed by atoms with Crippen LogP contribution in [0.2, 0.25) is 0 Å². The van der Waals surface area contributed by atoms with Crippen molar-refractivity contribution in [3.63, 3.8) is 0 Å². The second-order valence-electron chi connectivity index (χ2n) is 9.19. The Hall–Kier alpha value is -3.51. The number of fused-ring (bicyclic) bond motifs is 1. The lowest BCUT2D eigenvalue weighted by atomic mass is 9.94. The number of nitrogens with one attached hydrogen (secondary N) is 1. The predicted octanol–water partition coefficient (Wildman–Crippen LogP) is 6.44. The zero-order chi connectivity index (χ0) is 24.2. The number of amides is 2. The van der Waals surface area contributed by atoms with Crippen LogP contribution in [0.3, 0.4) is 0 Å². The van der Waals surface area contributed by atoms with Gasteiger partial charge in [0.2, 0.25) is 5.91 Å². The molecule has 1 saturated carbocycles. The van der Waals surface area contributed by atoms with Crippen molar-refractivity contribution in [1.29, 1.82) is 0 Å². The minimum atomic E-state index is -0.807. The molecule has 2 aromatic heterocycles. The van der Waals surface area contributed by atoms with E-state index >= 15 is 0 Å². The third-order valence-electron chi connectivity index (χ3n) is 6.63. The highest BCUT2D eigenvalue weighted by molar-refractivity contribution is 7.12. The number of carbonyl (C=O) groups excluding carboxylic acids is 2. The first-order chi connectivity index (χ1) is 17.1. The molecule has 0 saturated heterocycles. The van der Waals surface area contributed by atoms with Crippen molar-refractivity contribution < 1.29 is 9.59 Å². The molecule has 1 fully saturated rings. The van der Waals surface area contributed by atoms with E-state index in [-0.39, 0.29) is 17.9 Å². The summed E-state index contributed by atoms with van der Waals surface area (Å²) in [6.07, 6.45) is 7.15. The van der Waals surface area contributed by atoms with Crippen molar-refractivity contribution in [3.8, 4) is 0 Å². The summed E-state index contributed by atoms with van der Waals surface area (Å²) >= 11 is 1.39. The van der Waals surface area contributed by atoms with Crippen LogP contribution in [0.4, 0.5) is 5.69 Å². The van der Waals surface area contributed by atoms with Gasteiger partial charge in [-0.3, -0.25) is 19.5 Å². The van der Waals surface area contributed by atoms with Gasteiger partial charge in [-0.1, -0.05) is 49.6 Å². The molecule has 1 aliphatic carbocycles. The number of anilines is 1. The molecule has 5 nitrogen and oxygen atoms in total. The van der Waals surface area contributed by atoms with Gasteiger partial charge in [0.15, 0.2) is 0 Å². The van der Waals surface area contributed by atoms with Crippen molar-refractivity contribution in [2.45, 2.75) is 51.1 Å². The van der Waals surface area contributed by atoms with Gasteiger partial charge in [-0.15, -0.1) is 11.3 Å². The molecule has 1 aliphatic rings. The Labute approximate surface area is 209 Å². The SMILES string of the molecule is Cc1cccc(N(C(=O)c2cccs2)C(C(=O)NC2CCCCC2)c2ccc3ncccc3c2)c1. The molecule has 2 heterocycles. The lowest BCUT2D eigenvalue weighted by Gasteiger charge is -2.33. The fourth-order valence-corrected chi connectivity index (χ4v) is 5.55. The molecule has 4 aromatic rings. The Morgan fingerprint density at radius 2 is 1.86 bits per heavy atom. The number of aryl methyl sites for hydroxylation is 1. The van der Waals surface area contributed by atoms with Gasteiger partial charge in [0.25, 0.3) is 5.91 Å². The summed E-state index contributed by atoms with van der Waals surface area (Å²) in [5, 5.41) is 6.11. The number of hydrogen-bond donors (Lipinski definition) is 1. The van der Waals surface area contributed by atoms with Gasteiger partial charge in [0, 0.05) is 23.3 Å². The van der Waals surface area contributed by atoms with Gasteiger partial charge in [-0.05, 0) is 72.7 Å². The molecule has 2 amide bonds. The van der Waals surface area contributed by atoms with Crippen LogP contribution < -0.4 is 10.2 Å². The normalized spacial score (nSPS) is 15.0. The summed E-state index contributed by atoms with van der Waals surface area (Å²) in [5.41, 5.74) is 3.36. The first kappa shape index (κ1) is 23.2. The molecule has 1 atom stereocenters. The zero-order valence-corrected chi connectivity index (χ0v) is 20.6. The van der Waals surface area contributed by atoms with Crippen LogP contribution in [0.25, 0.3) is 10.9 Å². The van der Waals surface area contributed by atoms with E-state index in [4.69, 9.17) is 0 Å². The van der Waals surface area contributed by atoms with Crippen LogP contribution in [0.5, 0.6) is 0 Å². The van der Waals surface area contributed by atoms with Crippen LogP contribution in [0, 0.1) is 6.92 Å². The summed E-state index contributed by atoms with van der Waals surface area (Å²) in [6, 6.07) is 20.5. The summed E-state index contributed by atoms with van der Waals surface area (Å²) in [7, 11) is 0. The van der Waals surface area contributed by atoms with Crippen molar-refractivity contribution in [2.75, 3.05) is 4.90 Å².